The number of aliphatic hydroxyl groups is 1. The van der Waals surface area contributed by atoms with Crippen LogP contribution in [0, 0.1) is 5.41 Å². The minimum atomic E-state index is -0.171. The summed E-state index contributed by atoms with van der Waals surface area (Å²) in [6.45, 7) is 5.72. The number of hydrogen-bond acceptors (Lipinski definition) is 3. The molecule has 1 saturated carbocycles. The average Bonchev–Trinajstić information content (AvgIpc) is 2.35. The summed E-state index contributed by atoms with van der Waals surface area (Å²) in [6.07, 6.45) is 0.680. The van der Waals surface area contributed by atoms with Gasteiger partial charge in [-0.15, -0.1) is 0 Å². The second-order valence-electron chi connectivity index (χ2n) is 5.76. The van der Waals surface area contributed by atoms with Crippen molar-refractivity contribution in [2.24, 2.45) is 5.41 Å². The lowest BCUT2D eigenvalue weighted by atomic mass is 9.64. The minimum absolute atomic E-state index is 0.00978. The van der Waals surface area contributed by atoms with Crippen molar-refractivity contribution in [3.63, 3.8) is 0 Å². The van der Waals surface area contributed by atoms with Gasteiger partial charge >= 0.3 is 0 Å². The highest BCUT2D eigenvalue weighted by Gasteiger charge is 2.46. The Balaban J connectivity index is 1.89. The number of nitrogens with one attached hydrogen (secondary N) is 1. The fraction of sp³-hybridized carbons (Fsp3) is 0.600. The highest BCUT2D eigenvalue weighted by Crippen LogP contribution is 2.40. The molecular formula is C15H23NO2. The van der Waals surface area contributed by atoms with Gasteiger partial charge in [0.05, 0.1) is 12.7 Å². The molecule has 2 atom stereocenters. The maximum absolute atomic E-state index is 9.70. The van der Waals surface area contributed by atoms with Gasteiger partial charge in [0, 0.05) is 25.1 Å². The van der Waals surface area contributed by atoms with Gasteiger partial charge in [-0.25, -0.2) is 0 Å². The molecule has 0 aromatic heterocycles. The molecule has 0 amide bonds. The third kappa shape index (κ3) is 2.74. The Hall–Kier alpha value is -0.900. The number of hydrogen-bond donors (Lipinski definition) is 2. The van der Waals surface area contributed by atoms with E-state index in [2.05, 4.69) is 43.4 Å². The van der Waals surface area contributed by atoms with Gasteiger partial charge in [0.15, 0.2) is 0 Å². The van der Waals surface area contributed by atoms with E-state index in [1.807, 2.05) is 0 Å². The fourth-order valence-corrected chi connectivity index (χ4v) is 2.49. The Morgan fingerprint density at radius 3 is 2.72 bits per heavy atom. The van der Waals surface area contributed by atoms with Gasteiger partial charge < -0.3 is 15.2 Å². The van der Waals surface area contributed by atoms with Crippen molar-refractivity contribution in [2.45, 2.75) is 45.6 Å². The van der Waals surface area contributed by atoms with Crippen LogP contribution < -0.4 is 5.32 Å². The zero-order valence-electron chi connectivity index (χ0n) is 11.4. The fourth-order valence-electron chi connectivity index (χ4n) is 2.49. The van der Waals surface area contributed by atoms with E-state index in [1.165, 1.54) is 11.1 Å². The standard InChI is InChI=1S/C15H23NO2/c1-15(2)13(8-14(15)17)16-9-11-5-4-6-12(7-11)10-18-3/h4-7,13-14,16-17H,8-10H2,1-3H3. The van der Waals surface area contributed by atoms with Crippen LogP contribution >= 0.6 is 0 Å². The smallest absolute Gasteiger partial charge is 0.0713 e. The summed E-state index contributed by atoms with van der Waals surface area (Å²) < 4.78 is 5.13. The van der Waals surface area contributed by atoms with E-state index >= 15 is 0 Å². The SMILES string of the molecule is COCc1cccc(CNC2CC(O)C2(C)C)c1. The molecule has 1 aromatic carbocycles. The lowest BCUT2D eigenvalue weighted by molar-refractivity contribution is -0.0729. The molecule has 2 unspecified atom stereocenters. The zero-order valence-corrected chi connectivity index (χ0v) is 11.4. The van der Waals surface area contributed by atoms with Crippen molar-refractivity contribution in [1.82, 2.24) is 5.32 Å². The molecule has 0 radical (unpaired) electrons. The van der Waals surface area contributed by atoms with E-state index < -0.39 is 0 Å². The molecular weight excluding hydrogens is 226 g/mol. The number of ether oxygens (including phenoxy) is 1. The van der Waals surface area contributed by atoms with Gasteiger partial charge in [-0.1, -0.05) is 38.1 Å². The summed E-state index contributed by atoms with van der Waals surface area (Å²) in [7, 11) is 1.71. The van der Waals surface area contributed by atoms with Gasteiger partial charge in [0.2, 0.25) is 0 Å². The zero-order chi connectivity index (χ0) is 13.2. The lowest BCUT2D eigenvalue weighted by Crippen LogP contribution is -2.59. The first kappa shape index (κ1) is 13.5. The first-order valence-electron chi connectivity index (χ1n) is 6.52. The molecule has 2 N–H and O–H groups in total. The molecule has 100 valence electrons. The predicted molar refractivity (Wildman–Crippen MR) is 72.2 cm³/mol. The summed E-state index contributed by atoms with van der Waals surface area (Å²) >= 11 is 0. The largest absolute Gasteiger partial charge is 0.392 e. The second kappa shape index (κ2) is 5.39. The van der Waals surface area contributed by atoms with E-state index in [9.17, 15) is 5.11 Å². The third-order valence-corrected chi connectivity index (χ3v) is 4.07. The maximum atomic E-state index is 9.70. The Morgan fingerprint density at radius 1 is 1.39 bits per heavy atom. The van der Waals surface area contributed by atoms with Crippen LogP contribution in [0.25, 0.3) is 0 Å². The average molecular weight is 249 g/mol. The summed E-state index contributed by atoms with van der Waals surface area (Å²) in [5.41, 5.74) is 2.45. The molecule has 0 bridgehead atoms. The maximum Gasteiger partial charge on any atom is 0.0713 e. The number of rotatable bonds is 5. The van der Waals surface area contributed by atoms with E-state index in [0.717, 1.165) is 13.0 Å². The molecule has 1 aliphatic carbocycles. The van der Waals surface area contributed by atoms with Gasteiger partial charge in [0.1, 0.15) is 0 Å². The topological polar surface area (TPSA) is 41.5 Å². The Morgan fingerprint density at radius 2 is 2.11 bits per heavy atom. The molecule has 0 spiro atoms. The number of aliphatic hydroxyl groups excluding tert-OH is 1. The predicted octanol–water partition coefficient (Wildman–Crippen LogP) is 2.08. The highest BCUT2D eigenvalue weighted by molar-refractivity contribution is 5.23. The van der Waals surface area contributed by atoms with Crippen LogP contribution in [-0.4, -0.2) is 24.4 Å². The first-order chi connectivity index (χ1) is 8.54. The highest BCUT2D eigenvalue weighted by atomic mass is 16.5. The second-order valence-corrected chi connectivity index (χ2v) is 5.76. The van der Waals surface area contributed by atoms with Crippen LogP contribution in [0.4, 0.5) is 0 Å². The Kier molecular flexibility index (Phi) is 4.05. The van der Waals surface area contributed by atoms with Crippen LogP contribution in [0.1, 0.15) is 31.4 Å². The van der Waals surface area contributed by atoms with Crippen LogP contribution in [0.2, 0.25) is 0 Å². The van der Waals surface area contributed by atoms with E-state index in [-0.39, 0.29) is 11.5 Å². The van der Waals surface area contributed by atoms with Crippen molar-refractivity contribution in [3.05, 3.63) is 35.4 Å². The van der Waals surface area contributed by atoms with Crippen molar-refractivity contribution >= 4 is 0 Å². The van der Waals surface area contributed by atoms with Gasteiger partial charge in [-0.3, -0.25) is 0 Å². The first-order valence-corrected chi connectivity index (χ1v) is 6.52. The van der Waals surface area contributed by atoms with Crippen molar-refractivity contribution < 1.29 is 9.84 Å². The molecule has 18 heavy (non-hydrogen) atoms. The monoisotopic (exact) mass is 249 g/mol. The van der Waals surface area contributed by atoms with Crippen molar-refractivity contribution in [1.29, 1.82) is 0 Å². The molecule has 0 aliphatic heterocycles. The molecule has 1 fully saturated rings. The van der Waals surface area contributed by atoms with Crippen LogP contribution in [-0.2, 0) is 17.9 Å². The molecule has 1 aromatic rings. The van der Waals surface area contributed by atoms with Gasteiger partial charge in [0.25, 0.3) is 0 Å². The Bertz CT molecular complexity index is 403. The molecule has 2 rings (SSSR count). The quantitative estimate of drug-likeness (QED) is 0.839. The number of methoxy groups -OCH3 is 1. The molecule has 0 saturated heterocycles. The van der Waals surface area contributed by atoms with Gasteiger partial charge in [-0.2, -0.15) is 0 Å². The van der Waals surface area contributed by atoms with E-state index in [1.54, 1.807) is 7.11 Å². The third-order valence-electron chi connectivity index (χ3n) is 4.07. The molecule has 1 aliphatic rings. The summed E-state index contributed by atoms with van der Waals surface area (Å²) in [4.78, 5) is 0. The van der Waals surface area contributed by atoms with E-state index in [0.29, 0.717) is 12.6 Å². The molecule has 3 heteroatoms. The summed E-state index contributed by atoms with van der Waals surface area (Å²) in [5.74, 6) is 0. The van der Waals surface area contributed by atoms with Crippen LogP contribution in [0.3, 0.4) is 0 Å². The van der Waals surface area contributed by atoms with Crippen LogP contribution in [0.15, 0.2) is 24.3 Å². The summed E-state index contributed by atoms with van der Waals surface area (Å²) in [5, 5.41) is 13.2. The van der Waals surface area contributed by atoms with Gasteiger partial charge in [-0.05, 0) is 17.5 Å². The lowest BCUT2D eigenvalue weighted by Gasteiger charge is -2.49. The molecule has 3 nitrogen and oxygen atoms in total. The number of benzene rings is 1. The summed E-state index contributed by atoms with van der Waals surface area (Å²) in [6, 6.07) is 8.82. The van der Waals surface area contributed by atoms with Crippen LogP contribution in [0.5, 0.6) is 0 Å². The minimum Gasteiger partial charge on any atom is -0.392 e. The van der Waals surface area contributed by atoms with Crippen molar-refractivity contribution in [2.75, 3.05) is 7.11 Å². The Labute approximate surface area is 109 Å². The molecule has 0 heterocycles. The van der Waals surface area contributed by atoms with Crippen molar-refractivity contribution in [3.8, 4) is 0 Å². The van der Waals surface area contributed by atoms with E-state index in [4.69, 9.17) is 4.74 Å². The normalized spacial score (nSPS) is 25.8.